The number of halogens is 1. The highest BCUT2D eigenvalue weighted by Gasteiger charge is 2.17. The predicted octanol–water partition coefficient (Wildman–Crippen LogP) is 5.09. The van der Waals surface area contributed by atoms with Crippen molar-refractivity contribution in [1.82, 2.24) is 4.40 Å². The standard InChI is InChI=1S/C19H18ClNO2/c1-4-23-19-8-13(3)16(20)9-15(19)14-10-17-12(2)6-5-7-21(17)18(14)11-22/h5-11H,4H2,1-3H3. The van der Waals surface area contributed by atoms with Gasteiger partial charge < -0.3 is 9.14 Å². The monoisotopic (exact) mass is 327 g/mol. The first-order valence-corrected chi connectivity index (χ1v) is 7.93. The predicted molar refractivity (Wildman–Crippen MR) is 93.9 cm³/mol. The van der Waals surface area contributed by atoms with Crippen molar-refractivity contribution >= 4 is 23.4 Å². The Labute approximate surface area is 140 Å². The van der Waals surface area contributed by atoms with Gasteiger partial charge >= 0.3 is 0 Å². The maximum absolute atomic E-state index is 11.7. The van der Waals surface area contributed by atoms with Gasteiger partial charge in [0.2, 0.25) is 0 Å². The molecule has 0 fully saturated rings. The van der Waals surface area contributed by atoms with Gasteiger partial charge in [0.25, 0.3) is 0 Å². The molecule has 3 rings (SSSR count). The van der Waals surface area contributed by atoms with E-state index in [0.29, 0.717) is 17.3 Å². The van der Waals surface area contributed by atoms with Crippen molar-refractivity contribution in [2.75, 3.05) is 6.61 Å². The van der Waals surface area contributed by atoms with Crippen LogP contribution in [0.3, 0.4) is 0 Å². The van der Waals surface area contributed by atoms with Gasteiger partial charge in [0.1, 0.15) is 5.75 Å². The van der Waals surface area contributed by atoms with E-state index < -0.39 is 0 Å². The average molecular weight is 328 g/mol. The van der Waals surface area contributed by atoms with Gasteiger partial charge in [-0.15, -0.1) is 0 Å². The van der Waals surface area contributed by atoms with Crippen molar-refractivity contribution in [2.24, 2.45) is 0 Å². The number of aldehydes is 1. The number of hydrogen-bond donors (Lipinski definition) is 0. The van der Waals surface area contributed by atoms with Crippen LogP contribution in [0.25, 0.3) is 16.6 Å². The average Bonchev–Trinajstić information content (AvgIpc) is 2.90. The van der Waals surface area contributed by atoms with E-state index in [1.165, 1.54) is 0 Å². The van der Waals surface area contributed by atoms with Gasteiger partial charge in [-0.1, -0.05) is 17.7 Å². The first-order chi connectivity index (χ1) is 11.1. The van der Waals surface area contributed by atoms with Crippen molar-refractivity contribution in [1.29, 1.82) is 0 Å². The Balaban J connectivity index is 2.34. The third-order valence-electron chi connectivity index (χ3n) is 4.02. The van der Waals surface area contributed by atoms with Crippen LogP contribution in [0, 0.1) is 13.8 Å². The Morgan fingerprint density at radius 2 is 1.96 bits per heavy atom. The number of benzene rings is 1. The molecular weight excluding hydrogens is 310 g/mol. The van der Waals surface area contributed by atoms with Crippen LogP contribution in [0.15, 0.2) is 36.5 Å². The Hall–Kier alpha value is -2.26. The molecule has 0 amide bonds. The zero-order valence-electron chi connectivity index (χ0n) is 13.4. The first kappa shape index (κ1) is 15.6. The summed E-state index contributed by atoms with van der Waals surface area (Å²) in [6.07, 6.45) is 2.77. The summed E-state index contributed by atoms with van der Waals surface area (Å²) in [5, 5.41) is 0.660. The Morgan fingerprint density at radius 1 is 1.17 bits per heavy atom. The number of pyridine rings is 1. The lowest BCUT2D eigenvalue weighted by Crippen LogP contribution is -1.97. The highest BCUT2D eigenvalue weighted by atomic mass is 35.5. The number of aryl methyl sites for hydroxylation is 2. The molecule has 0 spiro atoms. The van der Waals surface area contributed by atoms with Gasteiger partial charge in [0.15, 0.2) is 6.29 Å². The van der Waals surface area contributed by atoms with Crippen LogP contribution in [0.2, 0.25) is 5.02 Å². The highest BCUT2D eigenvalue weighted by Crippen LogP contribution is 2.38. The molecular formula is C19H18ClNO2. The summed E-state index contributed by atoms with van der Waals surface area (Å²) in [5.41, 5.74) is 5.34. The molecule has 118 valence electrons. The molecule has 0 N–H and O–H groups in total. The molecule has 0 atom stereocenters. The minimum atomic E-state index is 0.552. The van der Waals surface area contributed by atoms with Crippen molar-refractivity contribution in [3.8, 4) is 16.9 Å². The molecule has 0 radical (unpaired) electrons. The van der Waals surface area contributed by atoms with Crippen LogP contribution < -0.4 is 4.74 Å². The molecule has 0 aliphatic rings. The van der Waals surface area contributed by atoms with Crippen LogP contribution in [-0.4, -0.2) is 17.3 Å². The first-order valence-electron chi connectivity index (χ1n) is 7.56. The summed E-state index contributed by atoms with van der Waals surface area (Å²) >= 11 is 6.31. The van der Waals surface area contributed by atoms with Gasteiger partial charge in [-0.05, 0) is 56.2 Å². The minimum Gasteiger partial charge on any atom is -0.493 e. The molecule has 0 aliphatic carbocycles. The van der Waals surface area contributed by atoms with Gasteiger partial charge in [-0.25, -0.2) is 0 Å². The lowest BCUT2D eigenvalue weighted by molar-refractivity contribution is 0.111. The topological polar surface area (TPSA) is 30.7 Å². The lowest BCUT2D eigenvalue weighted by Gasteiger charge is -2.12. The number of carbonyl (C=O) groups excluding carboxylic acids is 1. The van der Waals surface area contributed by atoms with Gasteiger partial charge in [-0.3, -0.25) is 4.79 Å². The number of aromatic nitrogens is 1. The van der Waals surface area contributed by atoms with E-state index in [1.54, 1.807) is 0 Å². The molecule has 3 aromatic rings. The van der Waals surface area contributed by atoms with E-state index in [4.69, 9.17) is 16.3 Å². The number of rotatable bonds is 4. The van der Waals surface area contributed by atoms with Crippen LogP contribution >= 0.6 is 11.6 Å². The van der Waals surface area contributed by atoms with Gasteiger partial charge in [0.05, 0.1) is 12.3 Å². The van der Waals surface area contributed by atoms with Crippen LogP contribution in [0.5, 0.6) is 5.75 Å². The number of carbonyl (C=O) groups is 1. The van der Waals surface area contributed by atoms with Crippen molar-refractivity contribution < 1.29 is 9.53 Å². The van der Waals surface area contributed by atoms with E-state index >= 15 is 0 Å². The molecule has 2 heterocycles. The van der Waals surface area contributed by atoms with Crippen LogP contribution in [0.4, 0.5) is 0 Å². The Morgan fingerprint density at radius 3 is 2.65 bits per heavy atom. The third-order valence-corrected chi connectivity index (χ3v) is 4.43. The molecule has 1 aromatic carbocycles. The molecule has 0 aliphatic heterocycles. The summed E-state index contributed by atoms with van der Waals surface area (Å²) in [4.78, 5) is 11.7. The van der Waals surface area contributed by atoms with E-state index in [0.717, 1.165) is 39.8 Å². The molecule has 3 nitrogen and oxygen atoms in total. The number of fused-ring (bicyclic) bond motifs is 1. The second-order valence-electron chi connectivity index (χ2n) is 5.54. The van der Waals surface area contributed by atoms with Crippen molar-refractivity contribution in [3.05, 3.63) is 58.4 Å². The fourth-order valence-corrected chi connectivity index (χ4v) is 3.00. The number of nitrogens with zero attached hydrogens (tertiary/aromatic N) is 1. The number of hydrogen-bond acceptors (Lipinski definition) is 2. The quantitative estimate of drug-likeness (QED) is 0.625. The Kier molecular flexibility index (Phi) is 4.14. The normalized spacial score (nSPS) is 11.0. The summed E-state index contributed by atoms with van der Waals surface area (Å²) in [5.74, 6) is 0.742. The molecule has 0 saturated carbocycles. The molecule has 0 saturated heterocycles. The molecule has 0 bridgehead atoms. The van der Waals surface area contributed by atoms with Crippen molar-refractivity contribution in [2.45, 2.75) is 20.8 Å². The zero-order valence-corrected chi connectivity index (χ0v) is 14.1. The Bertz CT molecular complexity index is 896. The fraction of sp³-hybridized carbons (Fsp3) is 0.211. The fourth-order valence-electron chi connectivity index (χ4n) is 2.84. The minimum absolute atomic E-state index is 0.552. The van der Waals surface area contributed by atoms with Crippen molar-refractivity contribution in [3.63, 3.8) is 0 Å². The lowest BCUT2D eigenvalue weighted by atomic mass is 10.0. The molecule has 23 heavy (non-hydrogen) atoms. The van der Waals surface area contributed by atoms with Gasteiger partial charge in [-0.2, -0.15) is 0 Å². The van der Waals surface area contributed by atoms with E-state index in [9.17, 15) is 4.79 Å². The van der Waals surface area contributed by atoms with Crippen LogP contribution in [-0.2, 0) is 0 Å². The maximum atomic E-state index is 11.7. The second-order valence-corrected chi connectivity index (χ2v) is 5.95. The van der Waals surface area contributed by atoms with E-state index in [-0.39, 0.29) is 0 Å². The summed E-state index contributed by atoms with van der Waals surface area (Å²) in [6.45, 7) is 6.46. The SMILES string of the molecule is CCOc1cc(C)c(Cl)cc1-c1cc2c(C)cccn2c1C=O. The molecule has 0 unspecified atom stereocenters. The largest absolute Gasteiger partial charge is 0.493 e. The van der Waals surface area contributed by atoms with Crippen LogP contribution in [0.1, 0.15) is 28.5 Å². The maximum Gasteiger partial charge on any atom is 0.167 e. The number of ether oxygens (including phenoxy) is 1. The molecule has 2 aromatic heterocycles. The highest BCUT2D eigenvalue weighted by molar-refractivity contribution is 6.31. The summed E-state index contributed by atoms with van der Waals surface area (Å²) in [7, 11) is 0. The summed E-state index contributed by atoms with van der Waals surface area (Å²) in [6, 6.07) is 9.77. The van der Waals surface area contributed by atoms with E-state index in [2.05, 4.69) is 0 Å². The molecule has 4 heteroatoms. The smallest absolute Gasteiger partial charge is 0.167 e. The zero-order chi connectivity index (χ0) is 16.6. The summed E-state index contributed by atoms with van der Waals surface area (Å²) < 4.78 is 7.67. The van der Waals surface area contributed by atoms with E-state index in [1.807, 2.05) is 61.7 Å². The second kappa shape index (κ2) is 6.09. The van der Waals surface area contributed by atoms with Gasteiger partial charge in [0, 0.05) is 27.9 Å². The third kappa shape index (κ3) is 2.62.